The lowest BCUT2D eigenvalue weighted by Crippen LogP contribution is -2.43. The van der Waals surface area contributed by atoms with Gasteiger partial charge in [0.2, 0.25) is 10.0 Å². The first-order chi connectivity index (χ1) is 14.7. The molecule has 0 aliphatic heterocycles. The molecule has 0 unspecified atom stereocenters. The smallest absolute Gasteiger partial charge is 0.252 e. The summed E-state index contributed by atoms with van der Waals surface area (Å²) in [6.45, 7) is 0. The molecule has 1 saturated carbocycles. The highest BCUT2D eigenvalue weighted by molar-refractivity contribution is 7.88. The third-order valence-electron chi connectivity index (χ3n) is 5.83. The van der Waals surface area contributed by atoms with Gasteiger partial charge < -0.3 is 0 Å². The number of hydrogen-bond acceptors (Lipinski definition) is 5. The molecule has 3 rings (SSSR count). The van der Waals surface area contributed by atoms with Gasteiger partial charge in [0, 0.05) is 13.1 Å². The molecule has 0 aromatic heterocycles. The van der Waals surface area contributed by atoms with Crippen molar-refractivity contribution in [2.24, 2.45) is 5.41 Å². The van der Waals surface area contributed by atoms with Crippen molar-refractivity contribution in [3.63, 3.8) is 0 Å². The van der Waals surface area contributed by atoms with Crippen molar-refractivity contribution >= 4 is 15.9 Å². The third-order valence-corrected chi connectivity index (χ3v) is 6.59. The maximum absolute atomic E-state index is 13.2. The monoisotopic (exact) mass is 441 g/mol. The lowest BCUT2D eigenvalue weighted by atomic mass is 9.78. The fourth-order valence-electron chi connectivity index (χ4n) is 4.45. The Labute approximate surface area is 183 Å². The summed E-state index contributed by atoms with van der Waals surface area (Å²) in [5, 5.41) is 10.7. The highest BCUT2D eigenvalue weighted by Gasteiger charge is 2.47. The topological polar surface area (TPSA) is 99.5 Å². The minimum absolute atomic E-state index is 0.171. The van der Waals surface area contributed by atoms with Crippen LogP contribution >= 0.6 is 0 Å². The summed E-state index contributed by atoms with van der Waals surface area (Å²) in [4.78, 5) is 18.4. The third kappa shape index (κ3) is 5.31. The van der Waals surface area contributed by atoms with Gasteiger partial charge in [0.15, 0.2) is 0 Å². The van der Waals surface area contributed by atoms with E-state index in [2.05, 4.69) is 10.8 Å². The Morgan fingerprint density at radius 2 is 2.03 bits per heavy atom. The van der Waals surface area contributed by atoms with E-state index in [4.69, 9.17) is 4.84 Å². The summed E-state index contributed by atoms with van der Waals surface area (Å²) >= 11 is 0. The molecule has 2 atom stereocenters. The fourth-order valence-corrected chi connectivity index (χ4v) is 5.26. The van der Waals surface area contributed by atoms with Gasteiger partial charge >= 0.3 is 0 Å². The molecule has 1 aliphatic carbocycles. The van der Waals surface area contributed by atoms with Crippen molar-refractivity contribution in [1.29, 1.82) is 5.26 Å². The molecule has 0 bridgehead atoms. The van der Waals surface area contributed by atoms with E-state index >= 15 is 0 Å². The fraction of sp³-hybridized carbons (Fsp3) is 0.391. The van der Waals surface area contributed by atoms with Crippen LogP contribution in [0.5, 0.6) is 0 Å². The molecule has 0 radical (unpaired) electrons. The first kappa shape index (κ1) is 22.9. The SMILES string of the molecule is CON(C)C(=O)[C@@]1(Cc2cccc(-c3ccccc3C#N)c2)CC[C@H](NS(C)(=O)=O)C1. The second kappa shape index (κ2) is 9.18. The van der Waals surface area contributed by atoms with E-state index < -0.39 is 15.4 Å². The minimum Gasteiger partial charge on any atom is -0.275 e. The summed E-state index contributed by atoms with van der Waals surface area (Å²) in [6.07, 6.45) is 3.10. The Bertz CT molecular complexity index is 1110. The maximum atomic E-state index is 13.2. The molecule has 0 heterocycles. The Morgan fingerprint density at radius 1 is 1.29 bits per heavy atom. The number of hydrogen-bond donors (Lipinski definition) is 1. The lowest BCUT2D eigenvalue weighted by molar-refractivity contribution is -0.180. The van der Waals surface area contributed by atoms with Crippen LogP contribution in [0, 0.1) is 16.7 Å². The second-order valence-corrected chi connectivity index (χ2v) is 9.91. The molecule has 164 valence electrons. The number of sulfonamides is 1. The largest absolute Gasteiger partial charge is 0.275 e. The van der Waals surface area contributed by atoms with Crippen LogP contribution < -0.4 is 4.72 Å². The molecular formula is C23H27N3O4S. The average Bonchev–Trinajstić information content (AvgIpc) is 3.14. The molecule has 1 N–H and O–H groups in total. The van der Waals surface area contributed by atoms with E-state index in [0.717, 1.165) is 22.9 Å². The zero-order valence-electron chi connectivity index (χ0n) is 18.0. The highest BCUT2D eigenvalue weighted by atomic mass is 32.2. The number of rotatable bonds is 7. The van der Waals surface area contributed by atoms with Gasteiger partial charge in [-0.15, -0.1) is 0 Å². The number of carbonyl (C=O) groups excluding carboxylic acids is 1. The van der Waals surface area contributed by atoms with Gasteiger partial charge in [0.25, 0.3) is 5.91 Å². The van der Waals surface area contributed by atoms with E-state index in [1.165, 1.54) is 12.2 Å². The predicted octanol–water partition coefficient (Wildman–Crippen LogP) is 2.88. The van der Waals surface area contributed by atoms with Crippen LogP contribution in [-0.2, 0) is 26.1 Å². The van der Waals surface area contributed by atoms with E-state index in [0.29, 0.717) is 31.2 Å². The maximum Gasteiger partial charge on any atom is 0.252 e. The molecule has 31 heavy (non-hydrogen) atoms. The molecule has 0 saturated heterocycles. The molecule has 8 heteroatoms. The van der Waals surface area contributed by atoms with Gasteiger partial charge in [-0.3, -0.25) is 9.63 Å². The number of nitrogens with one attached hydrogen (secondary N) is 1. The van der Waals surface area contributed by atoms with Crippen molar-refractivity contribution < 1.29 is 18.0 Å². The van der Waals surface area contributed by atoms with Crippen LogP contribution in [0.15, 0.2) is 48.5 Å². The first-order valence-corrected chi connectivity index (χ1v) is 11.9. The van der Waals surface area contributed by atoms with Crippen LogP contribution in [0.1, 0.15) is 30.4 Å². The number of benzene rings is 2. The minimum atomic E-state index is -3.37. The van der Waals surface area contributed by atoms with Gasteiger partial charge in [-0.05, 0) is 48.4 Å². The molecule has 1 amide bonds. The van der Waals surface area contributed by atoms with Crippen LogP contribution in [0.4, 0.5) is 0 Å². The Balaban J connectivity index is 1.94. The molecule has 7 nitrogen and oxygen atoms in total. The number of amides is 1. The Morgan fingerprint density at radius 3 is 2.71 bits per heavy atom. The number of hydroxylamine groups is 2. The zero-order valence-corrected chi connectivity index (χ0v) is 18.8. The van der Waals surface area contributed by atoms with E-state index in [9.17, 15) is 18.5 Å². The number of nitrogens with zero attached hydrogens (tertiary/aromatic N) is 2. The highest BCUT2D eigenvalue weighted by Crippen LogP contribution is 2.43. The van der Waals surface area contributed by atoms with Gasteiger partial charge in [0.05, 0.1) is 30.4 Å². The molecule has 2 aromatic carbocycles. The van der Waals surface area contributed by atoms with Gasteiger partial charge in [-0.2, -0.15) is 5.26 Å². The zero-order chi connectivity index (χ0) is 22.6. The molecule has 2 aromatic rings. The van der Waals surface area contributed by atoms with E-state index in [1.807, 2.05) is 42.5 Å². The Kier molecular flexibility index (Phi) is 6.80. The predicted molar refractivity (Wildman–Crippen MR) is 118 cm³/mol. The van der Waals surface area contributed by atoms with Crippen LogP contribution in [-0.4, -0.2) is 45.8 Å². The molecular weight excluding hydrogens is 414 g/mol. The van der Waals surface area contributed by atoms with Crippen molar-refractivity contribution in [3.8, 4) is 17.2 Å². The summed E-state index contributed by atoms with van der Waals surface area (Å²) in [5.74, 6) is -0.171. The summed E-state index contributed by atoms with van der Waals surface area (Å²) in [6, 6.07) is 17.1. The first-order valence-electron chi connectivity index (χ1n) is 10.1. The summed E-state index contributed by atoms with van der Waals surface area (Å²) < 4.78 is 26.1. The molecule has 1 aliphatic rings. The van der Waals surface area contributed by atoms with Crippen molar-refractivity contribution in [2.75, 3.05) is 20.4 Å². The quantitative estimate of drug-likeness (QED) is 0.666. The second-order valence-electron chi connectivity index (χ2n) is 8.13. The van der Waals surface area contributed by atoms with Crippen molar-refractivity contribution in [3.05, 3.63) is 59.7 Å². The van der Waals surface area contributed by atoms with Crippen LogP contribution in [0.25, 0.3) is 11.1 Å². The van der Waals surface area contributed by atoms with Crippen LogP contribution in [0.2, 0.25) is 0 Å². The van der Waals surface area contributed by atoms with Crippen LogP contribution in [0.3, 0.4) is 0 Å². The normalized spacial score (nSPS) is 20.9. The van der Waals surface area contributed by atoms with Gasteiger partial charge in [-0.1, -0.05) is 42.5 Å². The van der Waals surface area contributed by atoms with Crippen molar-refractivity contribution in [2.45, 2.75) is 31.7 Å². The number of carbonyl (C=O) groups is 1. The van der Waals surface area contributed by atoms with Gasteiger partial charge in [0.1, 0.15) is 0 Å². The Hall–Kier alpha value is -2.73. The number of nitriles is 1. The van der Waals surface area contributed by atoms with E-state index in [1.54, 1.807) is 13.1 Å². The lowest BCUT2D eigenvalue weighted by Gasteiger charge is -2.32. The molecule has 0 spiro atoms. The standard InChI is InChI=1S/C23H27N3O4S/c1-26(30-2)22(27)23(12-11-20(15-23)25-31(3,28)29)14-17-7-6-9-18(13-17)21-10-5-4-8-19(21)16-24/h4-10,13,20,25H,11-12,14-15H2,1-3H3/t20-,23+/m0/s1. The summed E-state index contributed by atoms with van der Waals surface area (Å²) in [7, 11) is -0.362. The summed E-state index contributed by atoms with van der Waals surface area (Å²) in [5.41, 5.74) is 2.50. The van der Waals surface area contributed by atoms with Gasteiger partial charge in [-0.25, -0.2) is 18.2 Å². The van der Waals surface area contributed by atoms with Crippen molar-refractivity contribution in [1.82, 2.24) is 9.79 Å². The average molecular weight is 442 g/mol. The van der Waals surface area contributed by atoms with E-state index in [-0.39, 0.29) is 11.9 Å². The molecule has 1 fully saturated rings.